The quantitative estimate of drug-likeness (QED) is 0.736. The fourth-order valence-electron chi connectivity index (χ4n) is 2.62. The Balaban J connectivity index is 2.40. The van der Waals surface area contributed by atoms with E-state index in [1.54, 1.807) is 0 Å². The number of fused-ring (bicyclic) bond motifs is 1. The van der Waals surface area contributed by atoms with Gasteiger partial charge in [0, 0.05) is 12.5 Å². The second-order valence-electron chi connectivity index (χ2n) is 5.44. The number of halogens is 4. The lowest BCUT2D eigenvalue weighted by Gasteiger charge is -2.14. The molecule has 0 saturated heterocycles. The molecule has 8 heteroatoms. The Morgan fingerprint density at radius 2 is 1.64 bits per heavy atom. The first-order valence-corrected chi connectivity index (χ1v) is 7.48. The van der Waals surface area contributed by atoms with Gasteiger partial charge >= 0.3 is 0 Å². The molecular weight excluding hydrogens is 338 g/mol. The maximum absolute atomic E-state index is 14.1. The van der Waals surface area contributed by atoms with Crippen LogP contribution in [0.25, 0.3) is 16.6 Å². The van der Waals surface area contributed by atoms with Gasteiger partial charge in [0.1, 0.15) is 40.0 Å². The van der Waals surface area contributed by atoms with E-state index >= 15 is 0 Å². The van der Waals surface area contributed by atoms with Crippen LogP contribution in [-0.2, 0) is 6.42 Å². The lowest BCUT2D eigenvalue weighted by Crippen LogP contribution is -2.26. The maximum atomic E-state index is 14.1. The van der Waals surface area contributed by atoms with Crippen molar-refractivity contribution in [2.24, 2.45) is 5.73 Å². The van der Waals surface area contributed by atoms with Crippen molar-refractivity contribution in [2.45, 2.75) is 12.8 Å². The SMILES string of the molecule is NCCCc1nc2c(F)ccc(F)c2c(=O)n1-c1cc(F)cc(F)c1. The molecule has 0 fully saturated rings. The molecule has 0 aliphatic heterocycles. The fourth-order valence-corrected chi connectivity index (χ4v) is 2.62. The standard InChI is InChI=1S/C17H13F4N3O/c18-9-6-10(19)8-11(7-9)24-14(2-1-5-22)23-16-13(21)4-3-12(20)15(16)17(24)25/h3-4,6-8H,1-2,5,22H2. The normalized spacial score (nSPS) is 11.2. The molecule has 0 atom stereocenters. The van der Waals surface area contributed by atoms with Crippen LogP contribution in [0.1, 0.15) is 12.2 Å². The summed E-state index contributed by atoms with van der Waals surface area (Å²) in [6.07, 6.45) is 0.544. The molecule has 3 aromatic rings. The summed E-state index contributed by atoms with van der Waals surface area (Å²) in [5.74, 6) is -3.61. The number of aromatic nitrogens is 2. The predicted molar refractivity (Wildman–Crippen MR) is 84.5 cm³/mol. The molecule has 0 saturated carbocycles. The molecular formula is C17H13F4N3O. The van der Waals surface area contributed by atoms with E-state index in [1.807, 2.05) is 0 Å². The molecule has 1 aromatic heterocycles. The molecule has 2 aromatic carbocycles. The van der Waals surface area contributed by atoms with Crippen LogP contribution in [-0.4, -0.2) is 16.1 Å². The van der Waals surface area contributed by atoms with E-state index in [4.69, 9.17) is 5.73 Å². The lowest BCUT2D eigenvalue weighted by atomic mass is 10.2. The van der Waals surface area contributed by atoms with E-state index in [0.717, 1.165) is 28.8 Å². The Morgan fingerprint density at radius 3 is 2.28 bits per heavy atom. The van der Waals surface area contributed by atoms with Crippen molar-refractivity contribution in [3.8, 4) is 5.69 Å². The molecule has 0 spiro atoms. The zero-order valence-electron chi connectivity index (χ0n) is 12.9. The molecule has 0 unspecified atom stereocenters. The minimum Gasteiger partial charge on any atom is -0.330 e. The van der Waals surface area contributed by atoms with Gasteiger partial charge in [-0.3, -0.25) is 9.36 Å². The second kappa shape index (κ2) is 6.64. The molecule has 130 valence electrons. The Kier molecular flexibility index (Phi) is 4.54. The van der Waals surface area contributed by atoms with Gasteiger partial charge < -0.3 is 5.73 Å². The van der Waals surface area contributed by atoms with Gasteiger partial charge in [0.05, 0.1) is 5.69 Å². The first-order valence-electron chi connectivity index (χ1n) is 7.48. The van der Waals surface area contributed by atoms with Gasteiger partial charge in [-0.15, -0.1) is 0 Å². The summed E-state index contributed by atoms with van der Waals surface area (Å²) >= 11 is 0. The smallest absolute Gasteiger partial charge is 0.269 e. The number of benzene rings is 2. The highest BCUT2D eigenvalue weighted by molar-refractivity contribution is 5.79. The number of hydrogen-bond acceptors (Lipinski definition) is 3. The van der Waals surface area contributed by atoms with Crippen LogP contribution < -0.4 is 11.3 Å². The van der Waals surface area contributed by atoms with Gasteiger partial charge in [-0.05, 0) is 37.2 Å². The molecule has 3 rings (SSSR count). The number of aryl methyl sites for hydroxylation is 1. The van der Waals surface area contributed by atoms with Gasteiger partial charge in [0.2, 0.25) is 0 Å². The highest BCUT2D eigenvalue weighted by Crippen LogP contribution is 2.20. The molecule has 1 heterocycles. The zero-order chi connectivity index (χ0) is 18.1. The summed E-state index contributed by atoms with van der Waals surface area (Å²) in [6.45, 7) is 0.261. The highest BCUT2D eigenvalue weighted by atomic mass is 19.1. The monoisotopic (exact) mass is 351 g/mol. The second-order valence-corrected chi connectivity index (χ2v) is 5.44. The molecule has 4 nitrogen and oxygen atoms in total. The fraction of sp³-hybridized carbons (Fsp3) is 0.176. The van der Waals surface area contributed by atoms with Crippen molar-refractivity contribution < 1.29 is 17.6 Å². The van der Waals surface area contributed by atoms with E-state index in [1.165, 1.54) is 0 Å². The number of nitrogens with zero attached hydrogens (tertiary/aromatic N) is 2. The van der Waals surface area contributed by atoms with E-state index in [2.05, 4.69) is 4.98 Å². The minimum atomic E-state index is -0.968. The summed E-state index contributed by atoms with van der Waals surface area (Å²) in [4.78, 5) is 16.8. The van der Waals surface area contributed by atoms with Crippen molar-refractivity contribution in [1.82, 2.24) is 9.55 Å². The highest BCUT2D eigenvalue weighted by Gasteiger charge is 2.19. The predicted octanol–water partition coefficient (Wildman–Crippen LogP) is 2.83. The van der Waals surface area contributed by atoms with Crippen LogP contribution in [0.2, 0.25) is 0 Å². The Hall–Kier alpha value is -2.74. The molecule has 0 aliphatic rings. The Labute approximate surface area is 139 Å². The summed E-state index contributed by atoms with van der Waals surface area (Å²) in [7, 11) is 0. The number of nitrogens with two attached hydrogens (primary N) is 1. The largest absolute Gasteiger partial charge is 0.330 e. The average Bonchev–Trinajstić information content (AvgIpc) is 2.55. The van der Waals surface area contributed by atoms with E-state index in [-0.39, 0.29) is 24.5 Å². The summed E-state index contributed by atoms with van der Waals surface area (Å²) in [5, 5.41) is -0.582. The Bertz CT molecular complexity index is 997. The Morgan fingerprint density at radius 1 is 1.00 bits per heavy atom. The van der Waals surface area contributed by atoms with Crippen LogP contribution >= 0.6 is 0 Å². The minimum absolute atomic E-state index is 0.0393. The van der Waals surface area contributed by atoms with Crippen molar-refractivity contribution in [3.05, 3.63) is 69.8 Å². The van der Waals surface area contributed by atoms with Gasteiger partial charge in [0.25, 0.3) is 5.56 Å². The third-order valence-corrected chi connectivity index (χ3v) is 3.70. The van der Waals surface area contributed by atoms with Crippen molar-refractivity contribution in [1.29, 1.82) is 0 Å². The van der Waals surface area contributed by atoms with Gasteiger partial charge in [-0.2, -0.15) is 0 Å². The van der Waals surface area contributed by atoms with Crippen LogP contribution in [0, 0.1) is 23.3 Å². The summed E-state index contributed by atoms with van der Waals surface area (Å²) in [6, 6.07) is 4.14. The third-order valence-electron chi connectivity index (χ3n) is 3.70. The van der Waals surface area contributed by atoms with E-state index < -0.39 is 39.7 Å². The lowest BCUT2D eigenvalue weighted by molar-refractivity contribution is 0.579. The molecule has 0 amide bonds. The van der Waals surface area contributed by atoms with Gasteiger partial charge in [-0.25, -0.2) is 22.5 Å². The van der Waals surface area contributed by atoms with Gasteiger partial charge in [0.15, 0.2) is 0 Å². The van der Waals surface area contributed by atoms with Crippen LogP contribution in [0.15, 0.2) is 35.1 Å². The molecule has 0 aliphatic carbocycles. The first-order chi connectivity index (χ1) is 11.9. The van der Waals surface area contributed by atoms with E-state index in [0.29, 0.717) is 12.5 Å². The molecule has 0 radical (unpaired) electrons. The maximum Gasteiger partial charge on any atom is 0.269 e. The van der Waals surface area contributed by atoms with Crippen molar-refractivity contribution >= 4 is 10.9 Å². The summed E-state index contributed by atoms with van der Waals surface area (Å²) in [5.41, 5.74) is 3.92. The summed E-state index contributed by atoms with van der Waals surface area (Å²) < 4.78 is 56.1. The van der Waals surface area contributed by atoms with Crippen LogP contribution in [0.3, 0.4) is 0 Å². The van der Waals surface area contributed by atoms with E-state index in [9.17, 15) is 22.4 Å². The van der Waals surface area contributed by atoms with Crippen molar-refractivity contribution in [2.75, 3.05) is 6.54 Å². The van der Waals surface area contributed by atoms with Crippen LogP contribution in [0.5, 0.6) is 0 Å². The third kappa shape index (κ3) is 3.12. The van der Waals surface area contributed by atoms with Crippen LogP contribution in [0.4, 0.5) is 17.6 Å². The number of rotatable bonds is 4. The zero-order valence-corrected chi connectivity index (χ0v) is 12.9. The molecule has 2 N–H and O–H groups in total. The topological polar surface area (TPSA) is 60.9 Å². The first kappa shape index (κ1) is 17.1. The van der Waals surface area contributed by atoms with Crippen molar-refractivity contribution in [3.63, 3.8) is 0 Å². The average molecular weight is 351 g/mol. The van der Waals surface area contributed by atoms with Gasteiger partial charge in [-0.1, -0.05) is 0 Å². The molecule has 25 heavy (non-hydrogen) atoms. The number of hydrogen-bond donors (Lipinski definition) is 1. The molecule has 0 bridgehead atoms.